The Balaban J connectivity index is 2.84. The van der Waals surface area contributed by atoms with Crippen LogP contribution in [-0.4, -0.2) is 18.4 Å². The van der Waals surface area contributed by atoms with Gasteiger partial charge < -0.3 is 4.90 Å². The SMILES string of the molecule is CN(C=O)c1cccnc1. The minimum absolute atomic E-state index is 0.747. The Hall–Kier alpha value is -1.38. The molecule has 0 saturated carbocycles. The van der Waals surface area contributed by atoms with E-state index in [0.717, 1.165) is 12.1 Å². The first kappa shape index (κ1) is 6.74. The lowest BCUT2D eigenvalue weighted by Gasteiger charge is -2.07. The van der Waals surface area contributed by atoms with Crippen molar-refractivity contribution in [2.75, 3.05) is 11.9 Å². The molecule has 0 atom stereocenters. The second-order valence-electron chi connectivity index (χ2n) is 1.93. The van der Waals surface area contributed by atoms with Gasteiger partial charge in [0.2, 0.25) is 6.41 Å². The van der Waals surface area contributed by atoms with Crippen molar-refractivity contribution in [3.8, 4) is 0 Å². The molecular formula is C7H8N2O. The van der Waals surface area contributed by atoms with Gasteiger partial charge in [-0.05, 0) is 12.1 Å². The smallest absolute Gasteiger partial charge is 0.213 e. The normalized spacial score (nSPS) is 8.90. The number of pyridine rings is 1. The van der Waals surface area contributed by atoms with Crippen LogP contribution < -0.4 is 4.90 Å². The minimum atomic E-state index is 0.747. The van der Waals surface area contributed by atoms with Crippen LogP contribution in [0.4, 0.5) is 5.69 Å². The van der Waals surface area contributed by atoms with Gasteiger partial charge in [-0.25, -0.2) is 0 Å². The molecule has 0 N–H and O–H groups in total. The number of hydrogen-bond donors (Lipinski definition) is 0. The van der Waals surface area contributed by atoms with Gasteiger partial charge in [0, 0.05) is 13.2 Å². The molecule has 0 aromatic carbocycles. The van der Waals surface area contributed by atoms with Gasteiger partial charge in [0.25, 0.3) is 0 Å². The van der Waals surface area contributed by atoms with E-state index in [4.69, 9.17) is 0 Å². The molecule has 52 valence electrons. The van der Waals surface area contributed by atoms with Crippen molar-refractivity contribution in [1.29, 1.82) is 0 Å². The Bertz CT molecular complexity index is 210. The number of carbonyl (C=O) groups is 1. The molecule has 0 unspecified atom stereocenters. The molecule has 1 amide bonds. The summed E-state index contributed by atoms with van der Waals surface area (Å²) in [4.78, 5) is 15.5. The monoisotopic (exact) mass is 136 g/mol. The molecule has 0 fully saturated rings. The lowest BCUT2D eigenvalue weighted by atomic mass is 10.4. The minimum Gasteiger partial charge on any atom is -0.317 e. The molecule has 0 aliphatic rings. The van der Waals surface area contributed by atoms with E-state index in [0.29, 0.717) is 0 Å². The van der Waals surface area contributed by atoms with Crippen molar-refractivity contribution in [3.05, 3.63) is 24.5 Å². The second-order valence-corrected chi connectivity index (χ2v) is 1.93. The summed E-state index contributed by atoms with van der Waals surface area (Å²) in [5.74, 6) is 0. The fourth-order valence-electron chi connectivity index (χ4n) is 0.623. The van der Waals surface area contributed by atoms with Crippen LogP contribution in [0, 0.1) is 0 Å². The summed E-state index contributed by atoms with van der Waals surface area (Å²) < 4.78 is 0. The predicted octanol–water partition coefficient (Wildman–Crippen LogP) is 0.674. The fraction of sp³-hybridized carbons (Fsp3) is 0.143. The van der Waals surface area contributed by atoms with Crippen molar-refractivity contribution in [1.82, 2.24) is 4.98 Å². The maximum absolute atomic E-state index is 10.2. The first-order valence-electron chi connectivity index (χ1n) is 2.93. The number of anilines is 1. The molecule has 3 heteroatoms. The van der Waals surface area contributed by atoms with Gasteiger partial charge in [0.1, 0.15) is 0 Å². The van der Waals surface area contributed by atoms with E-state index < -0.39 is 0 Å². The molecular weight excluding hydrogens is 128 g/mol. The molecule has 10 heavy (non-hydrogen) atoms. The third-order valence-electron chi connectivity index (χ3n) is 1.21. The zero-order valence-corrected chi connectivity index (χ0v) is 5.69. The summed E-state index contributed by atoms with van der Waals surface area (Å²) in [5.41, 5.74) is 0.803. The van der Waals surface area contributed by atoms with E-state index in [-0.39, 0.29) is 0 Å². The van der Waals surface area contributed by atoms with Gasteiger partial charge in [-0.3, -0.25) is 9.78 Å². The van der Waals surface area contributed by atoms with E-state index >= 15 is 0 Å². The van der Waals surface area contributed by atoms with Gasteiger partial charge in [0.05, 0.1) is 11.9 Å². The summed E-state index contributed by atoms with van der Waals surface area (Å²) >= 11 is 0. The summed E-state index contributed by atoms with van der Waals surface area (Å²) in [5, 5.41) is 0. The lowest BCUT2D eigenvalue weighted by Crippen LogP contribution is -2.13. The largest absolute Gasteiger partial charge is 0.317 e. The van der Waals surface area contributed by atoms with Crippen molar-refractivity contribution in [3.63, 3.8) is 0 Å². The van der Waals surface area contributed by atoms with Gasteiger partial charge >= 0.3 is 0 Å². The first-order valence-corrected chi connectivity index (χ1v) is 2.93. The Morgan fingerprint density at radius 2 is 2.50 bits per heavy atom. The molecule has 1 aromatic rings. The van der Waals surface area contributed by atoms with Crippen molar-refractivity contribution in [2.45, 2.75) is 0 Å². The van der Waals surface area contributed by atoms with Crippen LogP contribution in [0.5, 0.6) is 0 Å². The number of hydrogen-bond acceptors (Lipinski definition) is 2. The van der Waals surface area contributed by atoms with E-state index in [2.05, 4.69) is 4.98 Å². The van der Waals surface area contributed by atoms with Gasteiger partial charge in [-0.2, -0.15) is 0 Å². The highest BCUT2D eigenvalue weighted by atomic mass is 16.1. The molecule has 1 heterocycles. The summed E-state index contributed by atoms with van der Waals surface area (Å²) in [6.07, 6.45) is 4.05. The molecule has 3 nitrogen and oxygen atoms in total. The maximum Gasteiger partial charge on any atom is 0.213 e. The maximum atomic E-state index is 10.2. The summed E-state index contributed by atoms with van der Waals surface area (Å²) in [7, 11) is 1.68. The first-order chi connectivity index (χ1) is 4.84. The van der Waals surface area contributed by atoms with E-state index in [9.17, 15) is 4.79 Å². The third kappa shape index (κ3) is 1.31. The summed E-state index contributed by atoms with van der Waals surface area (Å²) in [6.45, 7) is 0. The number of aromatic nitrogens is 1. The Kier molecular flexibility index (Phi) is 1.99. The van der Waals surface area contributed by atoms with E-state index in [1.165, 1.54) is 4.90 Å². The Morgan fingerprint density at radius 3 is 3.00 bits per heavy atom. The van der Waals surface area contributed by atoms with Crippen LogP contribution in [0.3, 0.4) is 0 Å². The summed E-state index contributed by atoms with van der Waals surface area (Å²) in [6, 6.07) is 3.61. The predicted molar refractivity (Wildman–Crippen MR) is 38.7 cm³/mol. The molecule has 0 saturated heterocycles. The van der Waals surface area contributed by atoms with Crippen molar-refractivity contribution >= 4 is 12.1 Å². The average molecular weight is 136 g/mol. The number of carbonyl (C=O) groups excluding carboxylic acids is 1. The van der Waals surface area contributed by atoms with E-state index in [1.807, 2.05) is 6.07 Å². The molecule has 1 rings (SSSR count). The topological polar surface area (TPSA) is 33.2 Å². The van der Waals surface area contributed by atoms with Gasteiger partial charge in [-0.1, -0.05) is 0 Å². The highest BCUT2D eigenvalue weighted by Crippen LogP contribution is 2.05. The van der Waals surface area contributed by atoms with Crippen LogP contribution in [0.2, 0.25) is 0 Å². The standard InChI is InChI=1S/C7H8N2O/c1-9(6-10)7-3-2-4-8-5-7/h2-6H,1H3. The zero-order chi connectivity index (χ0) is 7.40. The average Bonchev–Trinajstić information content (AvgIpc) is 2.05. The fourth-order valence-corrected chi connectivity index (χ4v) is 0.623. The number of rotatable bonds is 2. The van der Waals surface area contributed by atoms with Crippen LogP contribution in [-0.2, 0) is 4.79 Å². The van der Waals surface area contributed by atoms with E-state index in [1.54, 1.807) is 25.5 Å². The number of nitrogens with zero attached hydrogens (tertiary/aromatic N) is 2. The Morgan fingerprint density at radius 1 is 1.70 bits per heavy atom. The number of amides is 1. The van der Waals surface area contributed by atoms with Gasteiger partial charge in [-0.15, -0.1) is 0 Å². The highest BCUT2D eigenvalue weighted by molar-refractivity contribution is 5.73. The lowest BCUT2D eigenvalue weighted by molar-refractivity contribution is -0.107. The molecule has 0 radical (unpaired) electrons. The van der Waals surface area contributed by atoms with Gasteiger partial charge in [0.15, 0.2) is 0 Å². The van der Waals surface area contributed by atoms with Crippen LogP contribution in [0.1, 0.15) is 0 Å². The van der Waals surface area contributed by atoms with Crippen LogP contribution in [0.25, 0.3) is 0 Å². The molecule has 0 aliphatic heterocycles. The molecule has 1 aromatic heterocycles. The quantitative estimate of drug-likeness (QED) is 0.560. The zero-order valence-electron chi connectivity index (χ0n) is 5.69. The van der Waals surface area contributed by atoms with Crippen molar-refractivity contribution < 1.29 is 4.79 Å². The van der Waals surface area contributed by atoms with Crippen LogP contribution in [0.15, 0.2) is 24.5 Å². The molecule has 0 spiro atoms. The molecule has 0 aliphatic carbocycles. The second kappa shape index (κ2) is 2.96. The molecule has 0 bridgehead atoms. The van der Waals surface area contributed by atoms with Crippen molar-refractivity contribution in [2.24, 2.45) is 0 Å². The van der Waals surface area contributed by atoms with Crippen LogP contribution >= 0.6 is 0 Å². The highest BCUT2D eigenvalue weighted by Gasteiger charge is 1.94. The Labute approximate surface area is 59.3 Å². The third-order valence-corrected chi connectivity index (χ3v) is 1.21.